The lowest BCUT2D eigenvalue weighted by Crippen LogP contribution is -2.20. The van der Waals surface area contributed by atoms with Gasteiger partial charge in [-0.3, -0.25) is 0 Å². The van der Waals surface area contributed by atoms with Crippen molar-refractivity contribution in [3.63, 3.8) is 0 Å². The van der Waals surface area contributed by atoms with Gasteiger partial charge >= 0.3 is 0 Å². The van der Waals surface area contributed by atoms with Crippen molar-refractivity contribution in [2.24, 2.45) is 0 Å². The molecule has 0 fully saturated rings. The molecule has 0 atom stereocenters. The number of nitrogens with zero attached hydrogens (tertiary/aromatic N) is 1. The van der Waals surface area contributed by atoms with Crippen molar-refractivity contribution >= 4 is 11.8 Å². The lowest BCUT2D eigenvalue weighted by Gasteiger charge is -2.16. The molecule has 2 rings (SSSR count). The Labute approximate surface area is 114 Å². The topological polar surface area (TPSA) is 3.24 Å². The van der Waals surface area contributed by atoms with E-state index in [1.54, 1.807) is 0 Å². The van der Waals surface area contributed by atoms with Gasteiger partial charge in [0.2, 0.25) is 0 Å². The molecule has 0 aliphatic heterocycles. The summed E-state index contributed by atoms with van der Waals surface area (Å²) >= 11 is 1.92. The van der Waals surface area contributed by atoms with Crippen LogP contribution in [0, 0.1) is 0 Å². The predicted octanol–water partition coefficient (Wildman–Crippen LogP) is 3.91. The molecule has 0 aliphatic rings. The minimum atomic E-state index is 1.02. The Hall–Kier alpha value is -1.25. The highest BCUT2D eigenvalue weighted by Gasteiger charge is 2.00. The number of rotatable bonds is 6. The molecule has 2 aromatic rings. The number of thioether (sulfide) groups is 1. The molecular weight excluding hydrogens is 238 g/mol. The van der Waals surface area contributed by atoms with E-state index in [-0.39, 0.29) is 0 Å². The molecule has 0 unspecified atom stereocenters. The second-order valence-electron chi connectivity index (χ2n) is 4.38. The molecule has 0 heterocycles. The SMILES string of the molecule is CN(CCSc1ccccc1)Cc1ccccc1. The van der Waals surface area contributed by atoms with Gasteiger partial charge in [-0.2, -0.15) is 0 Å². The van der Waals surface area contributed by atoms with Gasteiger partial charge in [0.15, 0.2) is 0 Å². The van der Waals surface area contributed by atoms with Crippen LogP contribution in [0.15, 0.2) is 65.6 Å². The first-order valence-electron chi connectivity index (χ1n) is 6.25. The normalized spacial score (nSPS) is 10.8. The maximum Gasteiger partial charge on any atom is 0.0231 e. The molecule has 1 nitrogen and oxygen atoms in total. The predicted molar refractivity (Wildman–Crippen MR) is 79.9 cm³/mol. The Morgan fingerprint density at radius 2 is 1.50 bits per heavy atom. The molecule has 0 saturated heterocycles. The maximum atomic E-state index is 2.37. The molecule has 94 valence electrons. The quantitative estimate of drug-likeness (QED) is 0.722. The van der Waals surface area contributed by atoms with Gasteiger partial charge < -0.3 is 4.90 Å². The molecule has 2 heteroatoms. The molecule has 0 radical (unpaired) electrons. The van der Waals surface area contributed by atoms with Crippen LogP contribution in [-0.2, 0) is 6.54 Å². The summed E-state index contributed by atoms with van der Waals surface area (Å²) < 4.78 is 0. The third-order valence-electron chi connectivity index (χ3n) is 2.78. The highest BCUT2D eigenvalue weighted by molar-refractivity contribution is 7.99. The summed E-state index contributed by atoms with van der Waals surface area (Å²) in [6.07, 6.45) is 0. The lowest BCUT2D eigenvalue weighted by atomic mass is 10.2. The van der Waals surface area contributed by atoms with Crippen molar-refractivity contribution < 1.29 is 0 Å². The molecule has 18 heavy (non-hydrogen) atoms. The van der Waals surface area contributed by atoms with E-state index in [0.717, 1.165) is 18.8 Å². The van der Waals surface area contributed by atoms with Gasteiger partial charge in [0.25, 0.3) is 0 Å². The summed E-state index contributed by atoms with van der Waals surface area (Å²) in [5, 5.41) is 0. The molecular formula is C16H19NS. The second-order valence-corrected chi connectivity index (χ2v) is 5.55. The summed E-state index contributed by atoms with van der Waals surface area (Å²) in [5.41, 5.74) is 1.38. The van der Waals surface area contributed by atoms with Crippen LogP contribution >= 0.6 is 11.8 Å². The van der Waals surface area contributed by atoms with E-state index in [1.807, 2.05) is 11.8 Å². The highest BCUT2D eigenvalue weighted by Crippen LogP contribution is 2.16. The van der Waals surface area contributed by atoms with Gasteiger partial charge in [-0.1, -0.05) is 48.5 Å². The Balaban J connectivity index is 1.71. The number of hydrogen-bond acceptors (Lipinski definition) is 2. The van der Waals surface area contributed by atoms with E-state index in [4.69, 9.17) is 0 Å². The molecule has 0 amide bonds. The third kappa shape index (κ3) is 4.55. The van der Waals surface area contributed by atoms with Crippen LogP contribution in [0.1, 0.15) is 5.56 Å². The van der Waals surface area contributed by atoms with Crippen molar-refractivity contribution in [3.05, 3.63) is 66.2 Å². The second kappa shape index (κ2) is 7.24. The van der Waals surface area contributed by atoms with Crippen LogP contribution in [-0.4, -0.2) is 24.2 Å². The van der Waals surface area contributed by atoms with Crippen LogP contribution in [0.3, 0.4) is 0 Å². The fraction of sp³-hybridized carbons (Fsp3) is 0.250. The molecule has 0 spiro atoms. The zero-order valence-corrected chi connectivity index (χ0v) is 11.6. The minimum absolute atomic E-state index is 1.02. The van der Waals surface area contributed by atoms with E-state index in [0.29, 0.717) is 0 Å². The zero-order chi connectivity index (χ0) is 12.6. The third-order valence-corrected chi connectivity index (χ3v) is 3.77. The first-order chi connectivity index (χ1) is 8.84. The molecule has 0 aliphatic carbocycles. The van der Waals surface area contributed by atoms with Crippen molar-refractivity contribution in [1.82, 2.24) is 4.90 Å². The molecule has 2 aromatic carbocycles. The van der Waals surface area contributed by atoms with Gasteiger partial charge in [0.1, 0.15) is 0 Å². The Kier molecular flexibility index (Phi) is 5.31. The first kappa shape index (κ1) is 13.2. The Morgan fingerprint density at radius 1 is 0.889 bits per heavy atom. The van der Waals surface area contributed by atoms with Gasteiger partial charge in [0.05, 0.1) is 0 Å². The van der Waals surface area contributed by atoms with Crippen LogP contribution in [0.2, 0.25) is 0 Å². The zero-order valence-electron chi connectivity index (χ0n) is 10.8. The van der Waals surface area contributed by atoms with Gasteiger partial charge in [-0.25, -0.2) is 0 Å². The van der Waals surface area contributed by atoms with Crippen LogP contribution in [0.5, 0.6) is 0 Å². The smallest absolute Gasteiger partial charge is 0.0231 e. The van der Waals surface area contributed by atoms with E-state index in [1.165, 1.54) is 10.5 Å². The molecule has 0 saturated carbocycles. The van der Waals surface area contributed by atoms with E-state index < -0.39 is 0 Å². The summed E-state index contributed by atoms with van der Waals surface area (Å²) in [6, 6.07) is 21.2. The summed E-state index contributed by atoms with van der Waals surface area (Å²) in [6.45, 7) is 2.13. The minimum Gasteiger partial charge on any atom is -0.301 e. The van der Waals surface area contributed by atoms with Crippen LogP contribution in [0.4, 0.5) is 0 Å². The largest absolute Gasteiger partial charge is 0.301 e. The number of hydrogen-bond donors (Lipinski definition) is 0. The van der Waals surface area contributed by atoms with E-state index in [9.17, 15) is 0 Å². The average Bonchev–Trinajstić information content (AvgIpc) is 2.41. The monoisotopic (exact) mass is 257 g/mol. The van der Waals surface area contributed by atoms with E-state index in [2.05, 4.69) is 72.6 Å². The van der Waals surface area contributed by atoms with Gasteiger partial charge in [0, 0.05) is 23.7 Å². The van der Waals surface area contributed by atoms with E-state index >= 15 is 0 Å². The summed E-state index contributed by atoms with van der Waals surface area (Å²) in [7, 11) is 2.18. The number of benzene rings is 2. The van der Waals surface area contributed by atoms with Gasteiger partial charge in [-0.05, 0) is 24.7 Å². The van der Waals surface area contributed by atoms with Crippen molar-refractivity contribution in [2.75, 3.05) is 19.3 Å². The van der Waals surface area contributed by atoms with Crippen LogP contribution < -0.4 is 0 Å². The molecule has 0 bridgehead atoms. The van der Waals surface area contributed by atoms with Gasteiger partial charge in [-0.15, -0.1) is 11.8 Å². The Morgan fingerprint density at radius 3 is 2.17 bits per heavy atom. The maximum absolute atomic E-state index is 2.37. The molecule has 0 N–H and O–H groups in total. The standard InChI is InChI=1S/C16H19NS/c1-17(14-15-8-4-2-5-9-15)12-13-18-16-10-6-3-7-11-16/h2-11H,12-14H2,1H3. The fourth-order valence-corrected chi connectivity index (χ4v) is 2.80. The lowest BCUT2D eigenvalue weighted by molar-refractivity contribution is 0.348. The Bertz CT molecular complexity index is 441. The summed E-state index contributed by atoms with van der Waals surface area (Å²) in [4.78, 5) is 3.72. The van der Waals surface area contributed by atoms with Crippen LogP contribution in [0.25, 0.3) is 0 Å². The molecule has 0 aromatic heterocycles. The fourth-order valence-electron chi connectivity index (χ4n) is 1.81. The van der Waals surface area contributed by atoms with Crippen molar-refractivity contribution in [3.8, 4) is 0 Å². The van der Waals surface area contributed by atoms with Crippen molar-refractivity contribution in [1.29, 1.82) is 0 Å². The van der Waals surface area contributed by atoms with Crippen molar-refractivity contribution in [2.45, 2.75) is 11.4 Å². The average molecular weight is 257 g/mol. The summed E-state index contributed by atoms with van der Waals surface area (Å²) in [5.74, 6) is 1.13. The first-order valence-corrected chi connectivity index (χ1v) is 7.23. The highest BCUT2D eigenvalue weighted by atomic mass is 32.2.